The zero-order valence-electron chi connectivity index (χ0n) is 78.6. The smallest absolute Gasteiger partial charge is 0.0541 e. The molecule has 0 amide bonds. The van der Waals surface area contributed by atoms with Gasteiger partial charge in [0.15, 0.2) is 0 Å². The molecule has 0 aliphatic rings. The summed E-state index contributed by atoms with van der Waals surface area (Å²) in [7, 11) is 0. The lowest BCUT2D eigenvalue weighted by atomic mass is 9.98. The van der Waals surface area contributed by atoms with E-state index in [0.717, 1.165) is 11.4 Å². The molecule has 30 rings (SSSR count). The summed E-state index contributed by atoms with van der Waals surface area (Å²) in [5.41, 5.74) is 36.3. The molecule has 6 nitrogen and oxygen atoms in total. The summed E-state index contributed by atoms with van der Waals surface area (Å²) in [6.45, 7) is 0. The first kappa shape index (κ1) is 83.1. The molecule has 0 bridgehead atoms. The minimum atomic E-state index is 1.16. The van der Waals surface area contributed by atoms with E-state index in [-0.39, 0.29) is 0 Å². The topological polar surface area (TPSA) is 29.6 Å². The van der Waals surface area contributed by atoms with E-state index in [9.17, 15) is 0 Å². The third-order valence-electron chi connectivity index (χ3n) is 29.7. The van der Waals surface area contributed by atoms with E-state index in [2.05, 4.69) is 573 Å². The van der Waals surface area contributed by atoms with Gasteiger partial charge >= 0.3 is 0 Å². The largest absolute Gasteiger partial charge is 0.309 e. The summed E-state index contributed by atoms with van der Waals surface area (Å²) in [5, 5.41) is 22.7. The fourth-order valence-electron chi connectivity index (χ4n) is 22.9. The van der Waals surface area contributed by atoms with Gasteiger partial charge in [-0.15, -0.1) is 0 Å². The molecule has 0 unspecified atom stereocenters. The minimum absolute atomic E-state index is 1.16. The van der Waals surface area contributed by atoms with E-state index >= 15 is 0 Å². The number of rotatable bonds is 12. The van der Waals surface area contributed by atoms with Gasteiger partial charge in [-0.1, -0.05) is 352 Å². The molecule has 30 aromatic rings. The molecule has 0 aliphatic carbocycles. The van der Waals surface area contributed by atoms with Crippen molar-refractivity contribution in [1.29, 1.82) is 0 Å². The Labute approximate surface area is 831 Å². The first-order chi connectivity index (χ1) is 71.4. The van der Waals surface area contributed by atoms with Crippen LogP contribution in [0.25, 0.3) is 264 Å². The van der Waals surface area contributed by atoms with Crippen molar-refractivity contribution in [2.24, 2.45) is 0 Å². The van der Waals surface area contributed by atoms with Gasteiger partial charge in [0.1, 0.15) is 0 Å². The van der Waals surface area contributed by atoms with Crippen molar-refractivity contribution >= 4 is 163 Å². The number of hydrogen-bond acceptors (Lipinski definition) is 0. The second kappa shape index (κ2) is 34.5. The van der Waals surface area contributed by atoms with Crippen molar-refractivity contribution in [3.05, 3.63) is 546 Å². The predicted octanol–water partition coefficient (Wildman–Crippen LogP) is 37.1. The van der Waals surface area contributed by atoms with E-state index in [1.54, 1.807) is 0 Å². The molecule has 0 atom stereocenters. The van der Waals surface area contributed by atoms with Crippen LogP contribution < -0.4 is 0 Å². The zero-order valence-corrected chi connectivity index (χ0v) is 78.6. The molecule has 0 fully saturated rings. The van der Waals surface area contributed by atoms with Crippen LogP contribution in [0.3, 0.4) is 0 Å². The number of fused-ring (bicyclic) bond motifs is 21. The van der Waals surface area contributed by atoms with Crippen LogP contribution in [0.4, 0.5) is 0 Å². The van der Waals surface area contributed by atoms with Crippen molar-refractivity contribution in [2.75, 3.05) is 0 Å². The van der Waals surface area contributed by atoms with Crippen LogP contribution in [-0.4, -0.2) is 27.4 Å². The van der Waals surface area contributed by atoms with E-state index in [0.29, 0.717) is 0 Å². The van der Waals surface area contributed by atoms with Crippen LogP contribution in [0, 0.1) is 0 Å². The molecule has 24 aromatic carbocycles. The summed E-state index contributed by atoms with van der Waals surface area (Å²) in [4.78, 5) is 0. The maximum atomic E-state index is 2.42. The second-order valence-electron chi connectivity index (χ2n) is 37.8. The van der Waals surface area contributed by atoms with Gasteiger partial charge in [0.05, 0.1) is 66.2 Å². The molecule has 0 N–H and O–H groups in total. The Morgan fingerprint density at radius 3 is 0.653 bits per heavy atom. The Morgan fingerprint density at radius 2 is 0.299 bits per heavy atom. The molecule has 0 radical (unpaired) electrons. The summed E-state index contributed by atoms with van der Waals surface area (Å²) >= 11 is 0. The molecule has 0 spiro atoms. The third-order valence-corrected chi connectivity index (χ3v) is 29.7. The Morgan fingerprint density at radius 1 is 0.0903 bits per heavy atom. The van der Waals surface area contributed by atoms with Crippen LogP contribution in [0.1, 0.15) is 0 Å². The number of para-hydroxylation sites is 8. The molecule has 0 saturated heterocycles. The van der Waals surface area contributed by atoms with Gasteiger partial charge in [-0.2, -0.15) is 0 Å². The molecule has 6 heterocycles. The van der Waals surface area contributed by atoms with Crippen LogP contribution in [0.5, 0.6) is 0 Å². The monoisotopic (exact) mass is 1830 g/mol. The molecule has 6 heteroatoms. The van der Waals surface area contributed by atoms with Crippen LogP contribution in [-0.2, 0) is 0 Å². The van der Waals surface area contributed by atoms with Gasteiger partial charge in [0.25, 0.3) is 0 Å². The van der Waals surface area contributed by atoms with Gasteiger partial charge in [-0.3, -0.25) is 0 Å². The summed E-state index contributed by atoms with van der Waals surface area (Å²) in [6, 6.07) is 199. The van der Waals surface area contributed by atoms with Gasteiger partial charge in [-0.05, 0) is 293 Å². The standard InChI is InChI=1S/3C46H30N2/c1-3-11-31(12-4-1)34-20-24-45-41(28-34)42-30-36(22-26-46(42)48(45)38-23-19-32-13-7-8-14-33(32)27-38)35-21-25-44-40(29-35)39-17-9-10-18-43(39)47(44)37-15-5-2-6-16-37;1-2-13-35(14-3-1)47-43-19-8-6-16-39(43)41-29-33(23-27-45(41)47)34-24-28-46-42(30-34)40-17-7-9-20-44(40)48(46)36-25-21-32(22-26-36)38-18-10-12-31-11-4-5-15-37(31)38;1-2-12-37(13-3-1)47-43-16-8-6-14-39(43)41-29-35(22-26-45(41)47)36-23-27-46-42(30-36)40-15-7-9-17-44(40)48(46)38-24-20-32(21-25-38)34-19-18-31-10-4-5-11-33(31)28-34/h3*1-30H. The third kappa shape index (κ3) is 14.1. The fourth-order valence-corrected chi connectivity index (χ4v) is 22.9. The summed E-state index contributed by atoms with van der Waals surface area (Å²) < 4.78 is 14.3. The minimum Gasteiger partial charge on any atom is -0.309 e. The number of benzene rings is 24. The maximum absolute atomic E-state index is 2.42. The number of hydrogen-bond donors (Lipinski definition) is 0. The quantitative estimate of drug-likeness (QED) is 0.117. The summed E-state index contributed by atoms with van der Waals surface area (Å²) in [6.07, 6.45) is 0. The predicted molar refractivity (Wildman–Crippen MR) is 610 cm³/mol. The number of nitrogens with zero attached hydrogens (tertiary/aromatic N) is 6. The Balaban J connectivity index is 0.000000105. The van der Waals surface area contributed by atoms with Gasteiger partial charge in [-0.25, -0.2) is 0 Å². The van der Waals surface area contributed by atoms with Crippen molar-refractivity contribution in [3.8, 4) is 101 Å². The van der Waals surface area contributed by atoms with Crippen molar-refractivity contribution in [1.82, 2.24) is 27.4 Å². The van der Waals surface area contributed by atoms with Crippen molar-refractivity contribution in [2.45, 2.75) is 0 Å². The first-order valence-electron chi connectivity index (χ1n) is 49.6. The molecule has 0 saturated carbocycles. The molecular weight excluding hydrogens is 1740 g/mol. The molecule has 0 aliphatic heterocycles. The molecule has 144 heavy (non-hydrogen) atoms. The van der Waals surface area contributed by atoms with Crippen LogP contribution in [0.15, 0.2) is 546 Å². The Hall–Kier alpha value is -19.1. The van der Waals surface area contributed by atoms with Crippen LogP contribution in [0.2, 0.25) is 0 Å². The van der Waals surface area contributed by atoms with Crippen molar-refractivity contribution in [3.63, 3.8) is 0 Å². The zero-order chi connectivity index (χ0) is 94.8. The van der Waals surface area contributed by atoms with E-state index in [1.807, 2.05) is 0 Å². The van der Waals surface area contributed by atoms with E-state index in [1.165, 1.54) is 253 Å². The Bertz CT molecular complexity index is 10300. The lowest BCUT2D eigenvalue weighted by molar-refractivity contribution is 1.18. The highest BCUT2D eigenvalue weighted by Crippen LogP contribution is 2.46. The normalized spacial score (nSPS) is 11.8. The van der Waals surface area contributed by atoms with Gasteiger partial charge in [0.2, 0.25) is 0 Å². The average Bonchev–Trinajstić information content (AvgIpc) is 1.59. The lowest BCUT2D eigenvalue weighted by Gasteiger charge is -2.11. The first-order valence-corrected chi connectivity index (χ1v) is 49.6. The molecular formula is C138H90N6. The highest BCUT2D eigenvalue weighted by atomic mass is 15.0. The molecule has 6 aromatic heterocycles. The molecule has 672 valence electrons. The van der Waals surface area contributed by atoms with Crippen molar-refractivity contribution < 1.29 is 0 Å². The highest BCUT2D eigenvalue weighted by Gasteiger charge is 2.24. The highest BCUT2D eigenvalue weighted by molar-refractivity contribution is 6.18. The van der Waals surface area contributed by atoms with E-state index in [4.69, 9.17) is 0 Å². The maximum Gasteiger partial charge on any atom is 0.0541 e. The lowest BCUT2D eigenvalue weighted by Crippen LogP contribution is -1.94. The average molecular weight is 1830 g/mol. The summed E-state index contributed by atoms with van der Waals surface area (Å²) in [5.74, 6) is 0. The Kier molecular flexibility index (Phi) is 19.9. The van der Waals surface area contributed by atoms with Gasteiger partial charge < -0.3 is 27.4 Å². The second-order valence-corrected chi connectivity index (χ2v) is 37.8. The SMILES string of the molecule is c1ccc(-c2ccc3c(c2)c2cc(-c4ccc5c(c4)c4ccccc4n5-c4ccccc4)ccc2n3-c2ccc3ccccc3c2)cc1.c1ccc(-n2c3ccccc3c3cc(-c4ccc5c(c4)c4ccccc4n5-c4ccc(-c5ccc6ccccc6c5)cc4)ccc32)cc1.c1ccc(-n2c3ccccc3c3cc(-c4ccc5c(c4)c4ccccc4n5-c4ccc(-c5cccc6ccccc56)cc4)ccc32)cc1. The van der Waals surface area contributed by atoms with E-state index < -0.39 is 0 Å². The number of aromatic nitrogens is 6. The van der Waals surface area contributed by atoms with Crippen LogP contribution >= 0.6 is 0 Å². The van der Waals surface area contributed by atoms with Gasteiger partial charge in [0, 0.05) is 98.8 Å². The fraction of sp³-hybridized carbons (Fsp3) is 0.